The summed E-state index contributed by atoms with van der Waals surface area (Å²) in [6.07, 6.45) is 4.20. The summed E-state index contributed by atoms with van der Waals surface area (Å²) in [6, 6.07) is 23.0. The number of benzene rings is 3. The predicted octanol–water partition coefficient (Wildman–Crippen LogP) is 5.82. The normalized spacial score (nSPS) is 15.9. The number of hydrogen-bond acceptors (Lipinski definition) is 6. The number of rotatable bonds is 8. The first kappa shape index (κ1) is 24.3. The van der Waals surface area contributed by atoms with Gasteiger partial charge in [-0.1, -0.05) is 42.5 Å². The molecule has 2 N–H and O–H groups in total. The van der Waals surface area contributed by atoms with Crippen molar-refractivity contribution in [1.82, 2.24) is 14.8 Å². The molecule has 0 radical (unpaired) electrons. The van der Waals surface area contributed by atoms with Crippen molar-refractivity contribution >= 4 is 39.7 Å². The van der Waals surface area contributed by atoms with Crippen molar-refractivity contribution < 1.29 is 9.59 Å². The maximum atomic E-state index is 13.5. The van der Waals surface area contributed by atoms with Gasteiger partial charge in [0.15, 0.2) is 5.13 Å². The molecule has 1 aromatic heterocycles. The van der Waals surface area contributed by atoms with Crippen molar-refractivity contribution in [2.24, 2.45) is 0 Å². The number of likely N-dealkylation sites (tertiary alicyclic amines) is 1. The molecule has 0 spiro atoms. The molecule has 2 amide bonds. The van der Waals surface area contributed by atoms with E-state index in [1.807, 2.05) is 48.5 Å². The Hall–Kier alpha value is -4.01. The van der Waals surface area contributed by atoms with Crippen LogP contribution in [0.1, 0.15) is 45.9 Å². The number of anilines is 3. The van der Waals surface area contributed by atoms with Gasteiger partial charge in [-0.2, -0.15) is 0 Å². The Balaban J connectivity index is 1.22. The van der Waals surface area contributed by atoms with Crippen LogP contribution in [0.4, 0.5) is 16.5 Å². The van der Waals surface area contributed by atoms with Gasteiger partial charge in [-0.05, 0) is 73.0 Å². The van der Waals surface area contributed by atoms with Gasteiger partial charge >= 0.3 is 0 Å². The molecule has 1 atom stereocenters. The summed E-state index contributed by atoms with van der Waals surface area (Å²) in [5.41, 5.74) is 5.51. The van der Waals surface area contributed by atoms with Gasteiger partial charge < -0.3 is 10.2 Å². The van der Waals surface area contributed by atoms with Gasteiger partial charge in [0.25, 0.3) is 11.8 Å². The van der Waals surface area contributed by atoms with Crippen LogP contribution in [0.3, 0.4) is 0 Å². The maximum absolute atomic E-state index is 13.5. The number of aromatic nitrogens is 1. The number of amides is 2. The summed E-state index contributed by atoms with van der Waals surface area (Å²) in [6.45, 7) is 3.65. The first-order valence-electron chi connectivity index (χ1n) is 12.9. The van der Waals surface area contributed by atoms with E-state index < -0.39 is 6.04 Å². The Bertz CT molecular complexity index is 1430. The molecule has 0 saturated carbocycles. The number of hydrogen-bond donors (Lipinski definition) is 2. The average Bonchev–Trinajstić information content (AvgIpc) is 3.69. The Morgan fingerprint density at radius 1 is 0.974 bits per heavy atom. The topological polar surface area (TPSA) is 77.6 Å². The SMILES string of the molecule is O=C(Nc1nccs1)[C@@H](c1ccccc1)N1Cc2cc(Nc3cccc(CN4CCCC4)c3)ccc2C1=O. The minimum atomic E-state index is -0.765. The molecule has 1 saturated heterocycles. The molecule has 2 aliphatic heterocycles. The van der Waals surface area contributed by atoms with Crippen LogP contribution in [0.5, 0.6) is 0 Å². The van der Waals surface area contributed by atoms with Crippen molar-refractivity contribution in [3.05, 3.63) is 107 Å². The fourth-order valence-corrected chi connectivity index (χ4v) is 5.84. The Morgan fingerprint density at radius 2 is 1.79 bits per heavy atom. The summed E-state index contributed by atoms with van der Waals surface area (Å²) in [5.74, 6) is -0.428. The van der Waals surface area contributed by atoms with Crippen LogP contribution in [0.25, 0.3) is 0 Å². The average molecular weight is 524 g/mol. The molecule has 3 heterocycles. The fourth-order valence-electron chi connectivity index (χ4n) is 5.31. The number of nitrogens with zero attached hydrogens (tertiary/aromatic N) is 3. The van der Waals surface area contributed by atoms with Gasteiger partial charge in [0.05, 0.1) is 0 Å². The van der Waals surface area contributed by atoms with E-state index in [9.17, 15) is 9.59 Å². The lowest BCUT2D eigenvalue weighted by Crippen LogP contribution is -2.37. The van der Waals surface area contributed by atoms with Gasteiger partial charge in [-0.3, -0.25) is 19.8 Å². The number of carbonyl (C=O) groups excluding carboxylic acids is 2. The predicted molar refractivity (Wildman–Crippen MR) is 150 cm³/mol. The van der Waals surface area contributed by atoms with Crippen LogP contribution in [0.2, 0.25) is 0 Å². The van der Waals surface area contributed by atoms with Crippen LogP contribution in [0, 0.1) is 0 Å². The fraction of sp³-hybridized carbons (Fsp3) is 0.233. The standard InChI is InChI=1S/C30H29N5O2S/c36-28(33-30-31-13-16-38-30)27(22-8-2-1-3-9-22)35-20-23-18-25(11-12-26(23)29(35)37)32-24-10-6-7-21(17-24)19-34-14-4-5-15-34/h1-3,6-13,16-18,27,32H,4-5,14-15,19-20H2,(H,31,33,36)/t27-/m1/s1. The summed E-state index contributed by atoms with van der Waals surface area (Å²) in [5, 5.41) is 8.70. The van der Waals surface area contributed by atoms with Crippen molar-refractivity contribution in [2.45, 2.75) is 32.0 Å². The van der Waals surface area contributed by atoms with E-state index in [2.05, 4.69) is 44.8 Å². The van der Waals surface area contributed by atoms with E-state index in [1.54, 1.807) is 16.5 Å². The molecule has 1 fully saturated rings. The van der Waals surface area contributed by atoms with Gasteiger partial charge in [0.2, 0.25) is 0 Å². The third-order valence-corrected chi connectivity index (χ3v) is 7.78. The molecule has 0 aliphatic carbocycles. The molecule has 0 unspecified atom stereocenters. The second-order valence-electron chi connectivity index (χ2n) is 9.75. The number of fused-ring (bicyclic) bond motifs is 1. The van der Waals surface area contributed by atoms with E-state index in [4.69, 9.17) is 0 Å². The summed E-state index contributed by atoms with van der Waals surface area (Å²) in [4.78, 5) is 35.2. The van der Waals surface area contributed by atoms with Crippen LogP contribution < -0.4 is 10.6 Å². The second-order valence-corrected chi connectivity index (χ2v) is 10.6. The molecule has 0 bridgehead atoms. The number of thiazole rings is 1. The molecule has 38 heavy (non-hydrogen) atoms. The highest BCUT2D eigenvalue weighted by Crippen LogP contribution is 2.34. The number of nitrogens with one attached hydrogen (secondary N) is 2. The summed E-state index contributed by atoms with van der Waals surface area (Å²) < 4.78 is 0. The zero-order chi connectivity index (χ0) is 25.9. The number of carbonyl (C=O) groups is 2. The zero-order valence-corrected chi connectivity index (χ0v) is 21.8. The Labute approximate surface area is 226 Å². The van der Waals surface area contributed by atoms with Gasteiger partial charge in [0.1, 0.15) is 6.04 Å². The highest BCUT2D eigenvalue weighted by molar-refractivity contribution is 7.13. The minimum absolute atomic E-state index is 0.151. The quantitative estimate of drug-likeness (QED) is 0.304. The van der Waals surface area contributed by atoms with Crippen molar-refractivity contribution in [2.75, 3.05) is 23.7 Å². The van der Waals surface area contributed by atoms with Crippen LogP contribution in [-0.2, 0) is 17.9 Å². The molecule has 6 rings (SSSR count). The van der Waals surface area contributed by atoms with E-state index >= 15 is 0 Å². The van der Waals surface area contributed by atoms with E-state index in [0.29, 0.717) is 17.2 Å². The van der Waals surface area contributed by atoms with Gasteiger partial charge in [-0.15, -0.1) is 11.3 Å². The van der Waals surface area contributed by atoms with Gasteiger partial charge in [0, 0.05) is 41.6 Å². The Morgan fingerprint density at radius 3 is 2.58 bits per heavy atom. The lowest BCUT2D eigenvalue weighted by atomic mass is 10.0. The third-order valence-electron chi connectivity index (χ3n) is 7.10. The van der Waals surface area contributed by atoms with E-state index in [-0.39, 0.29) is 11.8 Å². The van der Waals surface area contributed by atoms with Crippen molar-refractivity contribution in [3.63, 3.8) is 0 Å². The lowest BCUT2D eigenvalue weighted by Gasteiger charge is -2.27. The lowest BCUT2D eigenvalue weighted by molar-refractivity contribution is -0.120. The van der Waals surface area contributed by atoms with Crippen LogP contribution in [0.15, 0.2) is 84.4 Å². The van der Waals surface area contributed by atoms with Crippen molar-refractivity contribution in [3.8, 4) is 0 Å². The van der Waals surface area contributed by atoms with Crippen LogP contribution in [-0.4, -0.2) is 39.7 Å². The molecular weight excluding hydrogens is 494 g/mol. The molecule has 2 aliphatic rings. The zero-order valence-electron chi connectivity index (χ0n) is 21.0. The summed E-state index contributed by atoms with van der Waals surface area (Å²) >= 11 is 1.35. The maximum Gasteiger partial charge on any atom is 0.255 e. The highest BCUT2D eigenvalue weighted by Gasteiger charge is 2.37. The first-order chi connectivity index (χ1) is 18.6. The molecule has 7 nitrogen and oxygen atoms in total. The minimum Gasteiger partial charge on any atom is -0.356 e. The second kappa shape index (κ2) is 10.8. The molecule has 4 aromatic rings. The smallest absolute Gasteiger partial charge is 0.255 e. The van der Waals surface area contributed by atoms with Gasteiger partial charge in [-0.25, -0.2) is 4.98 Å². The molecular formula is C30H29N5O2S. The third kappa shape index (κ3) is 5.18. The molecule has 3 aromatic carbocycles. The highest BCUT2D eigenvalue weighted by atomic mass is 32.1. The summed E-state index contributed by atoms with van der Waals surface area (Å²) in [7, 11) is 0. The largest absolute Gasteiger partial charge is 0.356 e. The van der Waals surface area contributed by atoms with E-state index in [1.165, 1.54) is 42.8 Å². The van der Waals surface area contributed by atoms with Crippen LogP contribution >= 0.6 is 11.3 Å². The van der Waals surface area contributed by atoms with Crippen molar-refractivity contribution in [1.29, 1.82) is 0 Å². The molecule has 8 heteroatoms. The van der Waals surface area contributed by atoms with E-state index in [0.717, 1.165) is 29.0 Å². The molecule has 192 valence electrons. The first-order valence-corrected chi connectivity index (χ1v) is 13.8. The Kier molecular flexibility index (Phi) is 6.90. The monoisotopic (exact) mass is 523 g/mol.